The number of phosphoric ester groups is 2. The number of anilines is 3. The average Bonchev–Trinajstić information content (AvgIpc) is 4.15. The lowest BCUT2D eigenvalue weighted by atomic mass is 10.1. The topological polar surface area (TPSA) is 404 Å². The number of ether oxygens (including phenoxy) is 6. The van der Waals surface area contributed by atoms with Crippen LogP contribution in [0.25, 0.3) is 11.2 Å². The van der Waals surface area contributed by atoms with Crippen molar-refractivity contribution in [2.24, 2.45) is 0 Å². The van der Waals surface area contributed by atoms with Crippen LogP contribution in [0.4, 0.5) is 26.5 Å². The average molecular weight is 1090 g/mol. The quantitative estimate of drug-likeness (QED) is 0.0404. The lowest BCUT2D eigenvalue weighted by molar-refractivity contribution is -0.181. The van der Waals surface area contributed by atoms with Crippen LogP contribution in [0.15, 0.2) is 78.2 Å². The van der Waals surface area contributed by atoms with E-state index in [2.05, 4.69) is 35.1 Å². The van der Waals surface area contributed by atoms with Crippen LogP contribution in [0, 0.1) is 5.82 Å². The molecule has 32 heteroatoms. The van der Waals surface area contributed by atoms with E-state index in [-0.39, 0.29) is 48.3 Å². The molecule has 0 saturated carbocycles. The molecule has 0 aliphatic carbocycles. The van der Waals surface area contributed by atoms with Crippen LogP contribution in [0.1, 0.15) is 50.3 Å². The van der Waals surface area contributed by atoms with Crippen molar-refractivity contribution in [3.05, 3.63) is 101 Å². The predicted molar refractivity (Wildman–Crippen MR) is 251 cm³/mol. The van der Waals surface area contributed by atoms with Crippen molar-refractivity contribution in [3.8, 4) is 0 Å². The first-order valence-corrected chi connectivity index (χ1v) is 25.7. The van der Waals surface area contributed by atoms with Gasteiger partial charge in [-0.3, -0.25) is 27.5 Å². The molecule has 0 radical (unpaired) electrons. The number of fused-ring (bicyclic) bond motifs is 1. The van der Waals surface area contributed by atoms with Crippen molar-refractivity contribution in [2.75, 3.05) is 36.6 Å². The van der Waals surface area contributed by atoms with Crippen LogP contribution in [0.5, 0.6) is 0 Å². The van der Waals surface area contributed by atoms with Crippen LogP contribution in [0.2, 0.25) is 0 Å². The van der Waals surface area contributed by atoms with Crippen LogP contribution >= 0.6 is 15.6 Å². The minimum Gasteiger partial charge on any atom is -0.455 e. The highest BCUT2D eigenvalue weighted by atomic mass is 31.2. The Hall–Kier alpha value is -6.37. The van der Waals surface area contributed by atoms with E-state index in [9.17, 15) is 52.5 Å². The van der Waals surface area contributed by atoms with Crippen molar-refractivity contribution < 1.29 is 89.7 Å². The van der Waals surface area contributed by atoms with E-state index < -0.39 is 113 Å². The molecular formula is C43H51FN10O19P2. The second kappa shape index (κ2) is 22.8. The van der Waals surface area contributed by atoms with Gasteiger partial charge in [-0.1, -0.05) is 24.3 Å². The molecule has 0 bridgehead atoms. The first kappa shape index (κ1) is 54.9. The van der Waals surface area contributed by atoms with Gasteiger partial charge in [-0.2, -0.15) is 4.98 Å². The Morgan fingerprint density at radius 3 is 2.28 bits per heavy atom. The first-order valence-electron chi connectivity index (χ1n) is 22.7. The summed E-state index contributed by atoms with van der Waals surface area (Å²) in [7, 11) is -10.7. The number of imidazole rings is 1. The normalized spacial score (nSPS) is 24.7. The Bertz CT molecular complexity index is 3020. The zero-order valence-corrected chi connectivity index (χ0v) is 41.4. The number of nitrogens with two attached hydrogens (primary N) is 2. The number of amides is 2. The van der Waals surface area contributed by atoms with Crippen LogP contribution in [0.3, 0.4) is 0 Å². The Kier molecular flexibility index (Phi) is 16.7. The number of halogens is 1. The third-order valence-electron chi connectivity index (χ3n) is 11.7. The van der Waals surface area contributed by atoms with Gasteiger partial charge < -0.3 is 70.3 Å². The van der Waals surface area contributed by atoms with Gasteiger partial charge in [0.25, 0.3) is 0 Å². The molecule has 75 heavy (non-hydrogen) atoms. The molecule has 8 rings (SSSR count). The number of nitrogens with zero attached hydrogens (tertiary/aromatic N) is 6. The van der Waals surface area contributed by atoms with Gasteiger partial charge in [0.1, 0.15) is 66.1 Å². The number of carbonyl (C=O) groups is 3. The highest BCUT2D eigenvalue weighted by Gasteiger charge is 2.54. The predicted octanol–water partition coefficient (Wildman–Crippen LogP) is 1.47. The molecule has 2 amide bonds. The van der Waals surface area contributed by atoms with Crippen molar-refractivity contribution in [2.45, 2.75) is 101 Å². The van der Waals surface area contributed by atoms with Crippen LogP contribution < -0.4 is 27.8 Å². The summed E-state index contributed by atoms with van der Waals surface area (Å²) in [5.74, 6) is -2.13. The Balaban J connectivity index is 0.958. The molecule has 3 fully saturated rings. The highest BCUT2D eigenvalue weighted by molar-refractivity contribution is 7.47. The van der Waals surface area contributed by atoms with E-state index in [1.54, 1.807) is 24.3 Å². The highest BCUT2D eigenvalue weighted by Crippen LogP contribution is 2.51. The molecule has 6 heterocycles. The van der Waals surface area contributed by atoms with Crippen molar-refractivity contribution in [1.29, 1.82) is 0 Å². The molecule has 3 aromatic heterocycles. The number of hydrogen-bond acceptors (Lipinski definition) is 22. The van der Waals surface area contributed by atoms with E-state index in [1.807, 2.05) is 0 Å². The summed E-state index contributed by atoms with van der Waals surface area (Å²) in [5.41, 5.74) is 10.5. The van der Waals surface area contributed by atoms with E-state index in [0.717, 1.165) is 10.9 Å². The summed E-state index contributed by atoms with van der Waals surface area (Å²) < 4.78 is 91.8. The van der Waals surface area contributed by atoms with Crippen LogP contribution in [-0.4, -0.2) is 135 Å². The smallest absolute Gasteiger partial charge is 0.455 e. The molecule has 3 aliphatic heterocycles. The zero-order valence-electron chi connectivity index (χ0n) is 39.6. The number of aliphatic hydroxyl groups is 1. The molecule has 404 valence electrons. The first-order chi connectivity index (χ1) is 35.5. The van der Waals surface area contributed by atoms with E-state index in [0.29, 0.717) is 29.7 Å². The van der Waals surface area contributed by atoms with E-state index in [4.69, 9.17) is 48.9 Å². The monoisotopic (exact) mass is 1090 g/mol. The number of benzene rings is 2. The van der Waals surface area contributed by atoms with Crippen molar-refractivity contribution >= 4 is 62.1 Å². The summed E-state index contributed by atoms with van der Waals surface area (Å²) in [5, 5.41) is 16.9. The second-order valence-electron chi connectivity index (χ2n) is 17.7. The number of esters is 1. The van der Waals surface area contributed by atoms with Gasteiger partial charge in [0.15, 0.2) is 36.3 Å². The lowest BCUT2D eigenvalue weighted by Crippen LogP contribution is -2.53. The number of aromatic nitrogens is 6. The minimum absolute atomic E-state index is 0.00395. The Morgan fingerprint density at radius 2 is 1.59 bits per heavy atom. The van der Waals surface area contributed by atoms with Gasteiger partial charge >= 0.3 is 33.4 Å². The number of hydrogen-bond donors (Lipinski definition) is 8. The van der Waals surface area contributed by atoms with E-state index >= 15 is 0 Å². The number of phosphoric acid groups is 2. The number of aliphatic hydroxyl groups excluding tert-OH is 1. The number of rotatable bonds is 20. The fourth-order valence-corrected chi connectivity index (χ4v) is 9.34. The second-order valence-corrected chi connectivity index (χ2v) is 20.3. The molecule has 5 aromatic rings. The maximum Gasteiger partial charge on any atom is 0.472 e. The summed E-state index contributed by atoms with van der Waals surface area (Å²) in [6, 6.07) is 13.0. The number of nitrogens with one attached hydrogen (secondary N) is 2. The molecule has 29 nitrogen and oxygen atoms in total. The number of alkyl carbamates (subject to hydrolysis) is 1. The molecule has 10 N–H and O–H groups in total. The maximum absolute atomic E-state index is 14.0. The fourth-order valence-electron chi connectivity index (χ4n) is 8.04. The van der Waals surface area contributed by atoms with Crippen molar-refractivity contribution in [1.82, 2.24) is 34.4 Å². The molecule has 2 aromatic carbocycles. The van der Waals surface area contributed by atoms with Gasteiger partial charge in [-0.05, 0) is 61.7 Å². The zero-order chi connectivity index (χ0) is 53.8. The SMILES string of the molecule is CC(C)(NC(=O)OCc1ccc(NC(=O)Cc2ccc(F)cc2)cc1)C(=O)O[C@H]1[C@@H](O)[C@H](n2cnc3c(N)ncnc32)O[C@@H]1COP(=O)(O)O[C@H]1[C@@H](OC2CCCO2)[C@H](n2ccc(N)nc2=O)O[C@@H]1COP(=O)(O)O. The molecular weight excluding hydrogens is 1040 g/mol. The lowest BCUT2D eigenvalue weighted by Gasteiger charge is -2.29. The fraction of sp³-hybridized carbons (Fsp3) is 0.442. The summed E-state index contributed by atoms with van der Waals surface area (Å²) >= 11 is 0. The van der Waals surface area contributed by atoms with Gasteiger partial charge in [0.2, 0.25) is 5.91 Å². The molecule has 10 atom stereocenters. The number of carbonyl (C=O) groups excluding carboxylic acids is 3. The largest absolute Gasteiger partial charge is 0.472 e. The molecule has 0 spiro atoms. The maximum atomic E-state index is 14.0. The van der Waals surface area contributed by atoms with Crippen LogP contribution in [-0.2, 0) is 73.7 Å². The van der Waals surface area contributed by atoms with Gasteiger partial charge in [-0.15, -0.1) is 0 Å². The summed E-state index contributed by atoms with van der Waals surface area (Å²) in [4.78, 5) is 98.9. The molecule has 3 aliphatic rings. The molecule has 3 saturated heterocycles. The van der Waals surface area contributed by atoms with Crippen molar-refractivity contribution in [3.63, 3.8) is 0 Å². The third-order valence-corrected chi connectivity index (χ3v) is 13.2. The van der Waals surface area contributed by atoms with Gasteiger partial charge in [-0.25, -0.2) is 42.9 Å². The standard InChI is InChI=1S/C43H51FN10O19P2/c1-43(2,52-42(59)66-17-23-7-11-25(12-8-23)50-29(55)16-22-5-9-24(44)10-6-22)40(57)72-33-26(69-38(32(33)56)54-21-49-31-36(46)47-20-48-37(31)54)19-68-75(63,64)73-34-27(18-67-74(60,61)62)70-39(35(34)71-30-4-3-15-65-30)53-14-13-28(45)51-41(53)58/h5-14,20-21,26-27,30,32-35,38-39,56H,3-4,15-19H2,1-2H3,(H,50,55)(H,52,59)(H,63,64)(H2,45,51,58)(H2,46,47,48)(H2,60,61,62)/t26-,27-,30?,32-,33-,34-,35-,38-,39-/m1/s1. The van der Waals surface area contributed by atoms with E-state index in [1.165, 1.54) is 61.3 Å². The molecule has 2 unspecified atom stereocenters. The third kappa shape index (κ3) is 13.7. The van der Waals surface area contributed by atoms with Gasteiger partial charge in [0, 0.05) is 24.9 Å². The van der Waals surface area contributed by atoms with Gasteiger partial charge in [0.05, 0.1) is 26.0 Å². The summed E-state index contributed by atoms with van der Waals surface area (Å²) in [6.07, 6.45) is -11.0. The minimum atomic E-state index is -5.46. The Labute approximate surface area is 423 Å². The summed E-state index contributed by atoms with van der Waals surface area (Å²) in [6.45, 7) is 0.533. The number of nitrogen functional groups attached to an aromatic ring is 2. The Morgan fingerprint density at radius 1 is 0.893 bits per heavy atom.